The molecule has 2 aromatic heterocycles. The lowest BCUT2D eigenvalue weighted by Gasteiger charge is -1.95. The molecule has 17 heavy (non-hydrogen) atoms. The highest BCUT2D eigenvalue weighted by Crippen LogP contribution is 2.19. The molecule has 0 radical (unpaired) electrons. The Morgan fingerprint density at radius 2 is 2.29 bits per heavy atom. The topological polar surface area (TPSA) is 136 Å². The van der Waals surface area contributed by atoms with Crippen molar-refractivity contribution >= 4 is 11.9 Å². The molecule has 3 rings (SSSR count). The zero-order chi connectivity index (χ0) is 11.8. The van der Waals surface area contributed by atoms with Gasteiger partial charge < -0.3 is 15.6 Å². The van der Waals surface area contributed by atoms with Gasteiger partial charge in [-0.05, 0) is 12.8 Å². The minimum Gasteiger partial charge on any atom is -0.366 e. The van der Waals surface area contributed by atoms with Gasteiger partial charge in [0, 0.05) is 6.04 Å². The maximum atomic E-state index is 11.6. The van der Waals surface area contributed by atoms with Crippen molar-refractivity contribution in [1.29, 1.82) is 0 Å². The number of aromatic nitrogens is 5. The summed E-state index contributed by atoms with van der Waals surface area (Å²) in [5.74, 6) is 0.00894. The van der Waals surface area contributed by atoms with Crippen molar-refractivity contribution in [2.75, 3.05) is 5.73 Å². The normalized spacial score (nSPS) is 14.8. The molecule has 0 unspecified atom stereocenters. The summed E-state index contributed by atoms with van der Waals surface area (Å²) in [4.78, 5) is 19.3. The Balaban J connectivity index is 1.79. The molecule has 0 atom stereocenters. The van der Waals surface area contributed by atoms with E-state index in [0.29, 0.717) is 0 Å². The van der Waals surface area contributed by atoms with E-state index in [1.54, 1.807) is 0 Å². The summed E-state index contributed by atoms with van der Waals surface area (Å²) >= 11 is 0. The van der Waals surface area contributed by atoms with Gasteiger partial charge in [0.05, 0.1) is 0 Å². The molecule has 88 valence electrons. The van der Waals surface area contributed by atoms with Crippen molar-refractivity contribution in [2.45, 2.75) is 18.9 Å². The van der Waals surface area contributed by atoms with Crippen LogP contribution < -0.4 is 11.1 Å². The molecule has 1 fully saturated rings. The van der Waals surface area contributed by atoms with Crippen LogP contribution in [-0.4, -0.2) is 37.3 Å². The minimum absolute atomic E-state index is 0.0260. The average Bonchev–Trinajstić information content (AvgIpc) is 2.81. The lowest BCUT2D eigenvalue weighted by atomic mass is 10.5. The zero-order valence-electron chi connectivity index (χ0n) is 8.67. The highest BCUT2D eigenvalue weighted by molar-refractivity contribution is 5.90. The third-order valence-corrected chi connectivity index (χ3v) is 2.25. The second-order valence-electron chi connectivity index (χ2n) is 3.71. The second-order valence-corrected chi connectivity index (χ2v) is 3.71. The number of nitrogen functional groups attached to an aromatic ring is 1. The van der Waals surface area contributed by atoms with Gasteiger partial charge in [-0.2, -0.15) is 9.97 Å². The van der Waals surface area contributed by atoms with Crippen molar-refractivity contribution < 1.29 is 9.32 Å². The van der Waals surface area contributed by atoms with Gasteiger partial charge in [-0.25, -0.2) is 0 Å². The number of nitrogens with one attached hydrogen (secondary N) is 2. The van der Waals surface area contributed by atoms with Crippen LogP contribution >= 0.6 is 0 Å². The van der Waals surface area contributed by atoms with Gasteiger partial charge in [0.25, 0.3) is 17.6 Å². The Morgan fingerprint density at radius 1 is 1.47 bits per heavy atom. The highest BCUT2D eigenvalue weighted by atomic mass is 16.5. The third kappa shape index (κ3) is 1.94. The molecule has 1 saturated carbocycles. The van der Waals surface area contributed by atoms with E-state index >= 15 is 0 Å². The monoisotopic (exact) mass is 235 g/mol. The molecule has 4 N–H and O–H groups in total. The molecular formula is C8H9N7O2. The average molecular weight is 235 g/mol. The maximum Gasteiger partial charge on any atom is 0.295 e. The van der Waals surface area contributed by atoms with Crippen molar-refractivity contribution in [2.24, 2.45) is 0 Å². The quantitative estimate of drug-likeness (QED) is 0.641. The number of nitrogens with zero attached hydrogens (tertiary/aromatic N) is 4. The Morgan fingerprint density at radius 3 is 2.94 bits per heavy atom. The number of hydrogen-bond acceptors (Lipinski definition) is 7. The Hall–Kier alpha value is -2.45. The predicted octanol–water partition coefficient (Wildman–Crippen LogP) is -0.671. The summed E-state index contributed by atoms with van der Waals surface area (Å²) in [5.41, 5.74) is 5.33. The fourth-order valence-electron chi connectivity index (χ4n) is 1.26. The first-order valence-electron chi connectivity index (χ1n) is 5.05. The standard InChI is InChI=1S/C8H9N7O2/c9-8-12-5(13-14-8)7-11-4(15-17-7)6(16)10-3-1-2-3/h3H,1-2H2,(H,10,16)(H3,9,12,13,14). The molecule has 0 aromatic carbocycles. The summed E-state index contributed by atoms with van der Waals surface area (Å²) in [6, 6.07) is 0.241. The van der Waals surface area contributed by atoms with Crippen LogP contribution in [0.5, 0.6) is 0 Å². The SMILES string of the molecule is Nc1n[nH]c(-c2nc(C(=O)NC3CC3)no2)n1. The number of rotatable bonds is 3. The summed E-state index contributed by atoms with van der Waals surface area (Å²) in [5, 5.41) is 12.4. The number of carbonyl (C=O) groups is 1. The lowest BCUT2D eigenvalue weighted by molar-refractivity contribution is 0.0937. The van der Waals surface area contributed by atoms with Gasteiger partial charge in [0.1, 0.15) is 0 Å². The summed E-state index contributed by atoms with van der Waals surface area (Å²) in [7, 11) is 0. The zero-order valence-corrected chi connectivity index (χ0v) is 8.67. The third-order valence-electron chi connectivity index (χ3n) is 2.25. The van der Waals surface area contributed by atoms with Crippen LogP contribution in [-0.2, 0) is 0 Å². The first-order chi connectivity index (χ1) is 8.22. The van der Waals surface area contributed by atoms with Crippen LogP contribution in [0.25, 0.3) is 11.7 Å². The molecule has 1 aliphatic carbocycles. The van der Waals surface area contributed by atoms with Gasteiger partial charge in [-0.1, -0.05) is 5.16 Å². The van der Waals surface area contributed by atoms with Gasteiger partial charge in [0.15, 0.2) is 0 Å². The lowest BCUT2D eigenvalue weighted by Crippen LogP contribution is -2.26. The van der Waals surface area contributed by atoms with Crippen LogP contribution in [0.4, 0.5) is 5.95 Å². The fourth-order valence-corrected chi connectivity index (χ4v) is 1.26. The van der Waals surface area contributed by atoms with Crippen LogP contribution in [0.2, 0.25) is 0 Å². The van der Waals surface area contributed by atoms with Crippen molar-refractivity contribution in [3.05, 3.63) is 5.82 Å². The smallest absolute Gasteiger partial charge is 0.295 e. The number of carbonyl (C=O) groups excluding carboxylic acids is 1. The fraction of sp³-hybridized carbons (Fsp3) is 0.375. The van der Waals surface area contributed by atoms with Crippen LogP contribution in [0.3, 0.4) is 0 Å². The molecule has 9 nitrogen and oxygen atoms in total. The highest BCUT2D eigenvalue weighted by Gasteiger charge is 2.26. The largest absolute Gasteiger partial charge is 0.366 e. The minimum atomic E-state index is -0.352. The van der Waals surface area contributed by atoms with Crippen molar-refractivity contribution in [1.82, 2.24) is 30.6 Å². The van der Waals surface area contributed by atoms with Crippen LogP contribution in [0, 0.1) is 0 Å². The van der Waals surface area contributed by atoms with Crippen molar-refractivity contribution in [3.63, 3.8) is 0 Å². The first kappa shape index (κ1) is 9.75. The van der Waals surface area contributed by atoms with E-state index < -0.39 is 0 Å². The van der Waals surface area contributed by atoms with E-state index in [4.69, 9.17) is 10.3 Å². The van der Waals surface area contributed by atoms with Gasteiger partial charge in [-0.15, -0.1) is 5.10 Å². The van der Waals surface area contributed by atoms with E-state index in [-0.39, 0.29) is 35.4 Å². The molecule has 0 spiro atoms. The first-order valence-corrected chi connectivity index (χ1v) is 5.05. The molecule has 1 amide bonds. The van der Waals surface area contributed by atoms with E-state index in [9.17, 15) is 4.79 Å². The molecule has 1 aliphatic rings. The second kappa shape index (κ2) is 3.54. The number of hydrogen-bond donors (Lipinski definition) is 3. The van der Waals surface area contributed by atoms with E-state index in [0.717, 1.165) is 12.8 Å². The number of nitrogens with two attached hydrogens (primary N) is 1. The van der Waals surface area contributed by atoms with Gasteiger partial charge in [-0.3, -0.25) is 9.89 Å². The molecule has 9 heteroatoms. The summed E-state index contributed by atoms with van der Waals surface area (Å²) in [6.45, 7) is 0. The van der Waals surface area contributed by atoms with Crippen LogP contribution in [0.1, 0.15) is 23.5 Å². The molecule has 2 aromatic rings. The Labute approximate surface area is 94.8 Å². The van der Waals surface area contributed by atoms with E-state index in [1.165, 1.54) is 0 Å². The predicted molar refractivity (Wildman–Crippen MR) is 54.6 cm³/mol. The van der Waals surface area contributed by atoms with Crippen LogP contribution in [0.15, 0.2) is 4.52 Å². The summed E-state index contributed by atoms with van der Waals surface area (Å²) < 4.78 is 4.88. The number of aromatic amines is 1. The number of H-pyrrole nitrogens is 1. The molecular weight excluding hydrogens is 226 g/mol. The van der Waals surface area contributed by atoms with Crippen molar-refractivity contribution in [3.8, 4) is 11.7 Å². The van der Waals surface area contributed by atoms with Gasteiger partial charge in [0.2, 0.25) is 11.8 Å². The number of amides is 1. The molecule has 0 saturated heterocycles. The Kier molecular flexibility index (Phi) is 2.03. The van der Waals surface area contributed by atoms with Gasteiger partial charge >= 0.3 is 0 Å². The number of anilines is 1. The molecule has 2 heterocycles. The molecule has 0 aliphatic heterocycles. The summed E-state index contributed by atoms with van der Waals surface area (Å²) in [6.07, 6.45) is 1.99. The van der Waals surface area contributed by atoms with E-state index in [2.05, 4.69) is 30.6 Å². The Bertz CT molecular complexity index is 556. The van der Waals surface area contributed by atoms with E-state index in [1.807, 2.05) is 0 Å². The molecule has 0 bridgehead atoms. The maximum absolute atomic E-state index is 11.6.